The summed E-state index contributed by atoms with van der Waals surface area (Å²) in [6.07, 6.45) is 6.38. The number of phenols is 1. The molecule has 1 aliphatic heterocycles. The third-order valence-electron chi connectivity index (χ3n) is 4.81. The zero-order valence-corrected chi connectivity index (χ0v) is 15.5. The van der Waals surface area contributed by atoms with Crippen molar-refractivity contribution in [2.45, 2.75) is 31.7 Å². The maximum absolute atomic E-state index is 13.1. The number of aromatic hydroxyl groups is 1. The van der Waals surface area contributed by atoms with Crippen LogP contribution in [0.25, 0.3) is 0 Å². The molecule has 0 spiro atoms. The number of aldehydes is 1. The Hall–Kier alpha value is -3.00. The number of ether oxygens (including phenoxy) is 1. The molecular weight excluding hydrogens is 362 g/mol. The largest absolute Gasteiger partial charge is 0.507 e. The number of aliphatic hydroxyl groups excluding tert-OH is 1. The van der Waals surface area contributed by atoms with E-state index in [0.717, 1.165) is 19.3 Å². The predicted octanol–water partition coefficient (Wildman–Crippen LogP) is 1.60. The van der Waals surface area contributed by atoms with Gasteiger partial charge in [-0.3, -0.25) is 14.6 Å². The molecule has 1 aromatic heterocycles. The monoisotopic (exact) mass is 385 g/mol. The van der Waals surface area contributed by atoms with Gasteiger partial charge in [-0.15, -0.1) is 0 Å². The first-order valence-corrected chi connectivity index (χ1v) is 9.27. The fourth-order valence-corrected chi connectivity index (χ4v) is 3.37. The number of hydrogen-bond donors (Lipinski definition) is 2. The van der Waals surface area contributed by atoms with E-state index < -0.39 is 0 Å². The summed E-state index contributed by atoms with van der Waals surface area (Å²) in [6, 6.07) is 4.44. The summed E-state index contributed by atoms with van der Waals surface area (Å²) in [5.74, 6) is -0.0953. The second-order valence-electron chi connectivity index (χ2n) is 6.59. The number of amides is 1. The highest BCUT2D eigenvalue weighted by atomic mass is 16.5. The number of benzene rings is 1. The molecule has 8 nitrogen and oxygen atoms in total. The third kappa shape index (κ3) is 4.28. The Morgan fingerprint density at radius 3 is 2.89 bits per heavy atom. The number of phenolic OH excluding ortho intramolecular Hbond substituents is 1. The van der Waals surface area contributed by atoms with Gasteiger partial charge < -0.3 is 19.8 Å². The summed E-state index contributed by atoms with van der Waals surface area (Å²) in [5, 5.41) is 19.0. The number of piperidine rings is 1. The molecule has 0 aliphatic carbocycles. The predicted molar refractivity (Wildman–Crippen MR) is 100 cm³/mol. The average molecular weight is 385 g/mol. The van der Waals surface area contributed by atoms with Gasteiger partial charge in [0.15, 0.2) is 6.29 Å². The Bertz CT molecular complexity index is 842. The highest BCUT2D eigenvalue weighted by Crippen LogP contribution is 2.27. The Balaban J connectivity index is 1.77. The van der Waals surface area contributed by atoms with Gasteiger partial charge in [-0.1, -0.05) is 6.07 Å². The van der Waals surface area contributed by atoms with Crippen molar-refractivity contribution in [2.24, 2.45) is 0 Å². The minimum atomic E-state index is -0.239. The molecule has 2 heterocycles. The normalized spacial score (nSPS) is 16.6. The second-order valence-corrected chi connectivity index (χ2v) is 6.59. The van der Waals surface area contributed by atoms with Crippen LogP contribution in [0.5, 0.6) is 11.5 Å². The number of aliphatic hydroxyl groups is 1. The SMILES string of the molecule is O=Cc1c(O)cccc1OC[C@@H]1CCCCN1C(=O)c1nccnc1CCO. The second kappa shape index (κ2) is 9.27. The van der Waals surface area contributed by atoms with E-state index >= 15 is 0 Å². The number of aromatic nitrogens is 2. The molecule has 1 fully saturated rings. The summed E-state index contributed by atoms with van der Waals surface area (Å²) in [5.41, 5.74) is 0.807. The van der Waals surface area contributed by atoms with Gasteiger partial charge >= 0.3 is 0 Å². The maximum atomic E-state index is 13.1. The molecule has 8 heteroatoms. The molecule has 1 aliphatic rings. The number of nitrogens with zero attached hydrogens (tertiary/aromatic N) is 3. The molecule has 0 unspecified atom stereocenters. The summed E-state index contributed by atoms with van der Waals surface area (Å²) in [7, 11) is 0. The molecule has 2 N–H and O–H groups in total. The molecule has 28 heavy (non-hydrogen) atoms. The molecule has 148 valence electrons. The first kappa shape index (κ1) is 19.8. The van der Waals surface area contributed by atoms with E-state index in [9.17, 15) is 19.8 Å². The fourth-order valence-electron chi connectivity index (χ4n) is 3.37. The Labute approximate surface area is 162 Å². The zero-order valence-electron chi connectivity index (χ0n) is 15.5. The fraction of sp³-hybridized carbons (Fsp3) is 0.400. The van der Waals surface area contributed by atoms with Crippen LogP contribution >= 0.6 is 0 Å². The van der Waals surface area contributed by atoms with E-state index in [2.05, 4.69) is 9.97 Å². The number of rotatable bonds is 7. The van der Waals surface area contributed by atoms with Gasteiger partial charge in [-0.25, -0.2) is 4.98 Å². The van der Waals surface area contributed by atoms with Crippen LogP contribution in [-0.2, 0) is 6.42 Å². The highest BCUT2D eigenvalue weighted by Gasteiger charge is 2.30. The third-order valence-corrected chi connectivity index (χ3v) is 4.81. The van der Waals surface area contributed by atoms with Crippen LogP contribution < -0.4 is 4.74 Å². The molecule has 1 aromatic carbocycles. The topological polar surface area (TPSA) is 113 Å². The molecule has 2 aromatic rings. The van der Waals surface area contributed by atoms with Crippen LogP contribution in [0.2, 0.25) is 0 Å². The van der Waals surface area contributed by atoms with E-state index in [1.54, 1.807) is 17.0 Å². The van der Waals surface area contributed by atoms with Crippen LogP contribution in [0.3, 0.4) is 0 Å². The lowest BCUT2D eigenvalue weighted by Gasteiger charge is -2.35. The molecule has 0 bridgehead atoms. The zero-order chi connectivity index (χ0) is 19.9. The Morgan fingerprint density at radius 2 is 2.11 bits per heavy atom. The van der Waals surface area contributed by atoms with Gasteiger partial charge in [0.1, 0.15) is 23.8 Å². The van der Waals surface area contributed by atoms with Crippen molar-refractivity contribution < 1.29 is 24.5 Å². The molecular formula is C20H23N3O5. The summed E-state index contributed by atoms with van der Waals surface area (Å²) < 4.78 is 5.78. The van der Waals surface area contributed by atoms with E-state index in [1.807, 2.05) is 0 Å². The quantitative estimate of drug-likeness (QED) is 0.696. The van der Waals surface area contributed by atoms with Crippen LogP contribution in [-0.4, -0.2) is 63.1 Å². The van der Waals surface area contributed by atoms with Gasteiger partial charge in [0.25, 0.3) is 5.91 Å². The van der Waals surface area contributed by atoms with Crippen molar-refractivity contribution in [3.05, 3.63) is 47.5 Å². The minimum Gasteiger partial charge on any atom is -0.507 e. The lowest BCUT2D eigenvalue weighted by molar-refractivity contribution is 0.0519. The van der Waals surface area contributed by atoms with Gasteiger partial charge in [0.2, 0.25) is 0 Å². The number of hydrogen-bond acceptors (Lipinski definition) is 7. The molecule has 0 saturated carbocycles. The average Bonchev–Trinajstić information content (AvgIpc) is 2.72. The highest BCUT2D eigenvalue weighted by molar-refractivity contribution is 5.93. The van der Waals surface area contributed by atoms with Crippen LogP contribution in [0.4, 0.5) is 0 Å². The van der Waals surface area contributed by atoms with Crippen LogP contribution in [0.15, 0.2) is 30.6 Å². The van der Waals surface area contributed by atoms with Gasteiger partial charge in [-0.05, 0) is 31.4 Å². The number of carbonyl (C=O) groups is 2. The smallest absolute Gasteiger partial charge is 0.274 e. The van der Waals surface area contributed by atoms with Crippen molar-refractivity contribution in [1.29, 1.82) is 0 Å². The maximum Gasteiger partial charge on any atom is 0.274 e. The summed E-state index contributed by atoms with van der Waals surface area (Å²) in [4.78, 5) is 34.4. The van der Waals surface area contributed by atoms with Crippen LogP contribution in [0, 0.1) is 0 Å². The van der Waals surface area contributed by atoms with Crippen molar-refractivity contribution >= 4 is 12.2 Å². The molecule has 0 radical (unpaired) electrons. The standard InChI is InChI=1S/C20H23N3O5/c24-11-7-16-19(22-9-8-21-16)20(27)23-10-2-1-4-14(23)13-28-18-6-3-5-17(26)15(18)12-25/h3,5-6,8-9,12,14,24,26H,1-2,4,7,10-11,13H2/t14-/m0/s1. The Kier molecular flexibility index (Phi) is 6.54. The first-order valence-electron chi connectivity index (χ1n) is 9.27. The molecule has 1 amide bonds. The van der Waals surface area contributed by atoms with Crippen molar-refractivity contribution in [2.75, 3.05) is 19.8 Å². The van der Waals surface area contributed by atoms with Gasteiger partial charge in [-0.2, -0.15) is 0 Å². The lowest BCUT2D eigenvalue weighted by atomic mass is 10.0. The van der Waals surface area contributed by atoms with E-state index in [4.69, 9.17) is 4.74 Å². The first-order chi connectivity index (χ1) is 13.7. The van der Waals surface area contributed by atoms with E-state index in [1.165, 1.54) is 18.5 Å². The van der Waals surface area contributed by atoms with Crippen molar-refractivity contribution in [3.8, 4) is 11.5 Å². The molecule has 3 rings (SSSR count). The molecule has 1 saturated heterocycles. The van der Waals surface area contributed by atoms with Gasteiger partial charge in [0.05, 0.1) is 17.3 Å². The van der Waals surface area contributed by atoms with Gasteiger partial charge in [0, 0.05) is 32.0 Å². The van der Waals surface area contributed by atoms with Crippen molar-refractivity contribution in [3.63, 3.8) is 0 Å². The summed E-state index contributed by atoms with van der Waals surface area (Å²) in [6.45, 7) is 0.658. The summed E-state index contributed by atoms with van der Waals surface area (Å²) >= 11 is 0. The minimum absolute atomic E-state index is 0.0929. The van der Waals surface area contributed by atoms with E-state index in [0.29, 0.717) is 18.5 Å². The lowest BCUT2D eigenvalue weighted by Crippen LogP contribution is -2.47. The van der Waals surface area contributed by atoms with E-state index in [-0.39, 0.29) is 54.3 Å². The number of likely N-dealkylation sites (tertiary alicyclic amines) is 1. The van der Waals surface area contributed by atoms with Crippen LogP contribution in [0.1, 0.15) is 45.8 Å². The molecule has 1 atom stereocenters. The Morgan fingerprint density at radius 1 is 1.29 bits per heavy atom. The number of carbonyl (C=O) groups excluding carboxylic acids is 2. The van der Waals surface area contributed by atoms with Crippen molar-refractivity contribution in [1.82, 2.24) is 14.9 Å².